The number of nitrogens with two attached hydrogens (primary N) is 1. The molecular formula is C4H8FN. The van der Waals surface area contributed by atoms with Gasteiger partial charge in [0.1, 0.15) is 6.33 Å². The van der Waals surface area contributed by atoms with Crippen molar-refractivity contribution in [2.24, 2.45) is 5.73 Å². The van der Waals surface area contributed by atoms with Crippen molar-refractivity contribution in [2.45, 2.75) is 13.3 Å². The van der Waals surface area contributed by atoms with E-state index in [4.69, 9.17) is 5.73 Å². The van der Waals surface area contributed by atoms with E-state index >= 15 is 0 Å². The zero-order chi connectivity index (χ0) is 4.99. The number of hydrogen-bond donors (Lipinski definition) is 1. The Labute approximate surface area is 36.6 Å². The van der Waals surface area contributed by atoms with Crippen LogP contribution in [0.25, 0.3) is 0 Å². The van der Waals surface area contributed by atoms with E-state index in [0.717, 1.165) is 0 Å². The minimum absolute atomic E-state index is 0.301. The van der Waals surface area contributed by atoms with E-state index in [-0.39, 0.29) is 0 Å². The van der Waals surface area contributed by atoms with Crippen molar-refractivity contribution < 1.29 is 4.39 Å². The summed E-state index contributed by atoms with van der Waals surface area (Å²) in [6, 6.07) is 0. The van der Waals surface area contributed by atoms with Crippen LogP contribution in [0.4, 0.5) is 4.39 Å². The lowest BCUT2D eigenvalue weighted by atomic mass is 10.4. The molecule has 1 nitrogen and oxygen atoms in total. The molecule has 0 spiro atoms. The molecule has 0 aliphatic rings. The third-order valence-electron chi connectivity index (χ3n) is 0.548. The second-order valence-corrected chi connectivity index (χ2v) is 1.04. The molecular weight excluding hydrogens is 81.0 g/mol. The first-order valence-electron chi connectivity index (χ1n) is 1.86. The van der Waals surface area contributed by atoms with Crippen LogP contribution in [0.2, 0.25) is 0 Å². The summed E-state index contributed by atoms with van der Waals surface area (Å²) in [5.41, 5.74) is 5.26. The first-order chi connectivity index (χ1) is 2.81. The Bertz CT molecular complexity index is 58.6. The number of halogens is 1. The van der Waals surface area contributed by atoms with E-state index in [1.54, 1.807) is 6.92 Å². The highest BCUT2D eigenvalue weighted by Gasteiger charge is 1.76. The molecule has 0 bridgehead atoms. The molecule has 36 valence electrons. The monoisotopic (exact) mass is 89.1 g/mol. The van der Waals surface area contributed by atoms with Crippen LogP contribution < -0.4 is 5.73 Å². The van der Waals surface area contributed by atoms with E-state index < -0.39 is 0 Å². The molecule has 0 unspecified atom stereocenters. The standard InChI is InChI=1S/C4H8FN/c1-2-4(6)3-5/h3H,2,6H2,1H3. The summed E-state index contributed by atoms with van der Waals surface area (Å²) in [6.07, 6.45) is 1.01. The van der Waals surface area contributed by atoms with Gasteiger partial charge >= 0.3 is 0 Å². The van der Waals surface area contributed by atoms with Gasteiger partial charge in [-0.05, 0) is 6.42 Å². The summed E-state index contributed by atoms with van der Waals surface area (Å²) >= 11 is 0. The van der Waals surface area contributed by atoms with E-state index in [1.165, 1.54) is 0 Å². The summed E-state index contributed by atoms with van der Waals surface area (Å²) in [6.45, 7) is 1.80. The van der Waals surface area contributed by atoms with Crippen LogP contribution in [-0.2, 0) is 0 Å². The Morgan fingerprint density at radius 1 is 2.00 bits per heavy atom. The van der Waals surface area contributed by atoms with Gasteiger partial charge in [-0.2, -0.15) is 0 Å². The zero-order valence-corrected chi connectivity index (χ0v) is 3.74. The molecule has 0 aliphatic carbocycles. The van der Waals surface area contributed by atoms with Crippen molar-refractivity contribution in [1.82, 2.24) is 0 Å². The predicted molar refractivity (Wildman–Crippen MR) is 23.7 cm³/mol. The topological polar surface area (TPSA) is 26.0 Å². The van der Waals surface area contributed by atoms with Crippen LogP contribution in [0, 0.1) is 0 Å². The van der Waals surface area contributed by atoms with Crippen molar-refractivity contribution in [2.75, 3.05) is 0 Å². The van der Waals surface area contributed by atoms with Crippen molar-refractivity contribution in [3.8, 4) is 0 Å². The maximum absolute atomic E-state index is 11.1. The van der Waals surface area contributed by atoms with Gasteiger partial charge in [-0.3, -0.25) is 0 Å². The smallest absolute Gasteiger partial charge is 0.105 e. The quantitative estimate of drug-likeness (QED) is 0.512. The summed E-state index contributed by atoms with van der Waals surface area (Å²) in [5.74, 6) is 0. The van der Waals surface area contributed by atoms with Crippen LogP contribution in [-0.4, -0.2) is 0 Å². The van der Waals surface area contributed by atoms with Crippen LogP contribution in [0.3, 0.4) is 0 Å². The molecule has 0 aromatic carbocycles. The van der Waals surface area contributed by atoms with Crippen molar-refractivity contribution >= 4 is 0 Å². The number of allylic oxidation sites excluding steroid dienone is 1. The Morgan fingerprint density at radius 3 is 2.50 bits per heavy atom. The number of hydrogen-bond acceptors (Lipinski definition) is 1. The predicted octanol–water partition coefficient (Wildman–Crippen LogP) is 1.17. The van der Waals surface area contributed by atoms with Gasteiger partial charge in [0.2, 0.25) is 0 Å². The molecule has 0 saturated heterocycles. The summed E-state index contributed by atoms with van der Waals surface area (Å²) in [4.78, 5) is 0. The summed E-state index contributed by atoms with van der Waals surface area (Å²) in [7, 11) is 0. The number of rotatable bonds is 1. The molecule has 2 heteroatoms. The molecule has 0 heterocycles. The van der Waals surface area contributed by atoms with Gasteiger partial charge in [-0.25, -0.2) is 4.39 Å². The first-order valence-corrected chi connectivity index (χ1v) is 1.86. The molecule has 0 amide bonds. The first kappa shape index (κ1) is 5.47. The highest BCUT2D eigenvalue weighted by atomic mass is 19.1. The fraction of sp³-hybridized carbons (Fsp3) is 0.500. The highest BCUT2D eigenvalue weighted by Crippen LogP contribution is 1.87. The lowest BCUT2D eigenvalue weighted by molar-refractivity contribution is 0.700. The van der Waals surface area contributed by atoms with Crippen LogP contribution >= 0.6 is 0 Å². The molecule has 0 atom stereocenters. The van der Waals surface area contributed by atoms with Gasteiger partial charge < -0.3 is 5.73 Å². The Kier molecular flexibility index (Phi) is 2.46. The van der Waals surface area contributed by atoms with Gasteiger partial charge in [0.05, 0.1) is 0 Å². The summed E-state index contributed by atoms with van der Waals surface area (Å²) < 4.78 is 11.1. The molecule has 0 radical (unpaired) electrons. The lowest BCUT2D eigenvalue weighted by Gasteiger charge is -1.83. The lowest BCUT2D eigenvalue weighted by Crippen LogP contribution is -1.91. The minimum Gasteiger partial charge on any atom is -0.400 e. The van der Waals surface area contributed by atoms with Gasteiger partial charge in [-0.15, -0.1) is 0 Å². The van der Waals surface area contributed by atoms with Gasteiger partial charge in [-0.1, -0.05) is 6.92 Å². The van der Waals surface area contributed by atoms with E-state index in [9.17, 15) is 4.39 Å². The van der Waals surface area contributed by atoms with Gasteiger partial charge in [0.15, 0.2) is 0 Å². The van der Waals surface area contributed by atoms with Crippen molar-refractivity contribution in [3.63, 3.8) is 0 Å². The van der Waals surface area contributed by atoms with Crippen LogP contribution in [0.5, 0.6) is 0 Å². The largest absolute Gasteiger partial charge is 0.400 e. The van der Waals surface area contributed by atoms with Crippen molar-refractivity contribution in [1.29, 1.82) is 0 Å². The average molecular weight is 89.1 g/mol. The van der Waals surface area contributed by atoms with Crippen LogP contribution in [0.1, 0.15) is 13.3 Å². The van der Waals surface area contributed by atoms with Gasteiger partial charge in [0.25, 0.3) is 0 Å². The van der Waals surface area contributed by atoms with Crippen molar-refractivity contribution in [3.05, 3.63) is 12.0 Å². The fourth-order valence-corrected chi connectivity index (χ4v) is 0.0772. The normalized spacial score (nSPS) is 12.0. The molecule has 0 fully saturated rings. The fourth-order valence-electron chi connectivity index (χ4n) is 0.0772. The van der Waals surface area contributed by atoms with Crippen LogP contribution in [0.15, 0.2) is 12.0 Å². The second-order valence-electron chi connectivity index (χ2n) is 1.04. The van der Waals surface area contributed by atoms with E-state index in [1.807, 2.05) is 0 Å². The van der Waals surface area contributed by atoms with E-state index in [0.29, 0.717) is 18.4 Å². The zero-order valence-electron chi connectivity index (χ0n) is 3.74. The Balaban J connectivity index is 3.22. The Morgan fingerprint density at radius 2 is 2.50 bits per heavy atom. The maximum Gasteiger partial charge on any atom is 0.105 e. The molecule has 0 saturated carbocycles. The summed E-state index contributed by atoms with van der Waals surface area (Å²) in [5, 5.41) is 0. The second kappa shape index (κ2) is 2.69. The average Bonchev–Trinajstić information content (AvgIpc) is 1.65. The molecule has 6 heavy (non-hydrogen) atoms. The highest BCUT2D eigenvalue weighted by molar-refractivity contribution is 4.87. The molecule has 0 aliphatic heterocycles. The van der Waals surface area contributed by atoms with E-state index in [2.05, 4.69) is 0 Å². The molecule has 0 rings (SSSR count). The third-order valence-corrected chi connectivity index (χ3v) is 0.548. The molecule has 0 aromatic heterocycles. The Hall–Kier alpha value is -0.530. The third kappa shape index (κ3) is 1.76. The maximum atomic E-state index is 11.1. The van der Waals surface area contributed by atoms with Gasteiger partial charge in [0, 0.05) is 5.70 Å². The SMILES string of the molecule is CCC(N)=CF. The minimum atomic E-state index is 0.301. The molecule has 2 N–H and O–H groups in total. The molecule has 0 aromatic rings.